The van der Waals surface area contributed by atoms with Crippen LogP contribution in [0.1, 0.15) is 46.1 Å². The molecule has 0 spiro atoms. The molecule has 0 amide bonds. The Balaban J connectivity index is 2.72. The van der Waals surface area contributed by atoms with Crippen molar-refractivity contribution in [3.8, 4) is 0 Å². The molecular weight excluding hydrogens is 182 g/mol. The van der Waals surface area contributed by atoms with Crippen molar-refractivity contribution in [2.45, 2.75) is 46.0 Å². The molecule has 15 heavy (non-hydrogen) atoms. The van der Waals surface area contributed by atoms with Gasteiger partial charge in [0.15, 0.2) is 0 Å². The summed E-state index contributed by atoms with van der Waals surface area (Å²) in [7, 11) is 0. The number of rotatable bonds is 4. The zero-order valence-electron chi connectivity index (χ0n) is 10.4. The first kappa shape index (κ1) is 12.1. The van der Waals surface area contributed by atoms with E-state index < -0.39 is 0 Å². The van der Waals surface area contributed by atoms with Crippen molar-refractivity contribution in [2.24, 2.45) is 5.92 Å². The molecule has 0 aliphatic rings. The normalized spacial score (nSPS) is 12.1. The molecule has 0 atom stereocenters. The number of hydrogen-bond acceptors (Lipinski definition) is 1. The number of nitrogen functional groups attached to an aromatic ring is 1. The number of nitrogens with two attached hydrogens (primary N) is 1. The predicted molar refractivity (Wildman–Crippen MR) is 68.0 cm³/mol. The van der Waals surface area contributed by atoms with Crippen molar-refractivity contribution in [1.29, 1.82) is 0 Å². The third-order valence-electron chi connectivity index (χ3n) is 3.04. The third kappa shape index (κ3) is 3.58. The van der Waals surface area contributed by atoms with Gasteiger partial charge in [-0.1, -0.05) is 46.2 Å². The fraction of sp³-hybridized carbons (Fsp3) is 0.571. The highest BCUT2D eigenvalue weighted by Crippen LogP contribution is 2.30. The topological polar surface area (TPSA) is 26.0 Å². The van der Waals surface area contributed by atoms with Crippen molar-refractivity contribution in [1.82, 2.24) is 0 Å². The van der Waals surface area contributed by atoms with E-state index in [9.17, 15) is 0 Å². The molecule has 1 rings (SSSR count). The Bertz CT molecular complexity index is 296. The van der Waals surface area contributed by atoms with E-state index in [0.717, 1.165) is 11.6 Å². The molecule has 1 aromatic carbocycles. The van der Waals surface area contributed by atoms with Crippen LogP contribution in [0.4, 0.5) is 5.69 Å². The fourth-order valence-corrected chi connectivity index (χ4v) is 1.73. The van der Waals surface area contributed by atoms with E-state index in [1.54, 1.807) is 0 Å². The maximum absolute atomic E-state index is 5.69. The summed E-state index contributed by atoms with van der Waals surface area (Å²) in [6, 6.07) is 8.28. The highest BCUT2D eigenvalue weighted by Gasteiger charge is 2.20. The predicted octanol–water partition coefficient (Wildman–Crippen LogP) is 3.98. The van der Waals surface area contributed by atoms with Gasteiger partial charge in [0.2, 0.25) is 0 Å². The third-order valence-corrected chi connectivity index (χ3v) is 3.04. The number of anilines is 1. The van der Waals surface area contributed by atoms with Gasteiger partial charge in [-0.2, -0.15) is 0 Å². The van der Waals surface area contributed by atoms with Gasteiger partial charge in [0.25, 0.3) is 0 Å². The average Bonchev–Trinajstić information content (AvgIpc) is 2.16. The van der Waals surface area contributed by atoms with Gasteiger partial charge in [-0.25, -0.2) is 0 Å². The summed E-state index contributed by atoms with van der Waals surface area (Å²) in [6.07, 6.45) is 2.51. The molecular formula is C14H23N. The maximum Gasteiger partial charge on any atom is 0.0314 e. The average molecular weight is 205 g/mol. The molecule has 0 radical (unpaired) electrons. The summed E-state index contributed by atoms with van der Waals surface area (Å²) < 4.78 is 0. The summed E-state index contributed by atoms with van der Waals surface area (Å²) in [6.45, 7) is 9.17. The van der Waals surface area contributed by atoms with Gasteiger partial charge in [-0.15, -0.1) is 0 Å². The summed E-state index contributed by atoms with van der Waals surface area (Å²) in [5, 5.41) is 0. The molecule has 0 fully saturated rings. The molecule has 0 bridgehead atoms. The van der Waals surface area contributed by atoms with E-state index >= 15 is 0 Å². The lowest BCUT2D eigenvalue weighted by atomic mass is 9.79. The van der Waals surface area contributed by atoms with E-state index in [0.29, 0.717) is 0 Å². The smallest absolute Gasteiger partial charge is 0.0314 e. The van der Waals surface area contributed by atoms with Crippen LogP contribution < -0.4 is 5.73 Å². The molecule has 0 heterocycles. The van der Waals surface area contributed by atoms with Crippen LogP contribution in [0.5, 0.6) is 0 Å². The molecule has 0 aliphatic heterocycles. The Hall–Kier alpha value is -0.980. The minimum Gasteiger partial charge on any atom is -0.399 e. The van der Waals surface area contributed by atoms with Crippen molar-refractivity contribution in [3.05, 3.63) is 29.8 Å². The molecule has 0 saturated heterocycles. The second kappa shape index (κ2) is 4.69. The van der Waals surface area contributed by atoms with Crippen molar-refractivity contribution in [2.75, 3.05) is 5.73 Å². The van der Waals surface area contributed by atoms with Crippen LogP contribution in [0, 0.1) is 5.92 Å². The van der Waals surface area contributed by atoms with Crippen LogP contribution in [0.25, 0.3) is 0 Å². The summed E-state index contributed by atoms with van der Waals surface area (Å²) in [5.41, 5.74) is 8.19. The highest BCUT2D eigenvalue weighted by atomic mass is 14.5. The molecule has 0 aliphatic carbocycles. The summed E-state index contributed by atoms with van der Waals surface area (Å²) in [5.74, 6) is 0.776. The zero-order chi connectivity index (χ0) is 11.5. The van der Waals surface area contributed by atoms with Gasteiger partial charge >= 0.3 is 0 Å². The maximum atomic E-state index is 5.69. The van der Waals surface area contributed by atoms with Gasteiger partial charge < -0.3 is 5.73 Å². The van der Waals surface area contributed by atoms with Gasteiger partial charge in [-0.05, 0) is 35.4 Å². The van der Waals surface area contributed by atoms with Crippen LogP contribution in [0.2, 0.25) is 0 Å². The Morgan fingerprint density at radius 2 is 1.67 bits per heavy atom. The Labute approximate surface area is 93.7 Å². The number of benzene rings is 1. The summed E-state index contributed by atoms with van der Waals surface area (Å²) in [4.78, 5) is 0. The second-order valence-electron chi connectivity index (χ2n) is 5.44. The molecule has 1 nitrogen and oxygen atoms in total. The van der Waals surface area contributed by atoms with E-state index in [-0.39, 0.29) is 5.41 Å². The first-order chi connectivity index (χ1) is 6.92. The highest BCUT2D eigenvalue weighted by molar-refractivity contribution is 5.41. The van der Waals surface area contributed by atoms with Gasteiger partial charge in [-0.3, -0.25) is 0 Å². The lowest BCUT2D eigenvalue weighted by Crippen LogP contribution is -2.17. The molecule has 0 unspecified atom stereocenters. The minimum absolute atomic E-state index is 0.262. The lowest BCUT2D eigenvalue weighted by Gasteiger charge is -2.26. The Morgan fingerprint density at radius 1 is 1.13 bits per heavy atom. The molecule has 84 valence electrons. The molecule has 1 aromatic rings. The van der Waals surface area contributed by atoms with Crippen molar-refractivity contribution in [3.63, 3.8) is 0 Å². The van der Waals surface area contributed by atoms with Crippen LogP contribution in [0.15, 0.2) is 24.3 Å². The first-order valence-electron chi connectivity index (χ1n) is 5.78. The SMILES string of the molecule is CC(C)CCC(C)(C)c1ccc(N)cc1. The van der Waals surface area contributed by atoms with Crippen molar-refractivity contribution >= 4 is 5.69 Å². The molecule has 0 aromatic heterocycles. The van der Waals surface area contributed by atoms with Crippen LogP contribution in [0.3, 0.4) is 0 Å². The lowest BCUT2D eigenvalue weighted by molar-refractivity contribution is 0.415. The largest absolute Gasteiger partial charge is 0.399 e. The van der Waals surface area contributed by atoms with Crippen molar-refractivity contribution < 1.29 is 0 Å². The van der Waals surface area contributed by atoms with Crippen LogP contribution in [-0.2, 0) is 5.41 Å². The molecule has 1 heteroatoms. The minimum atomic E-state index is 0.262. The Morgan fingerprint density at radius 3 is 2.13 bits per heavy atom. The van der Waals surface area contributed by atoms with Crippen LogP contribution in [-0.4, -0.2) is 0 Å². The summed E-state index contributed by atoms with van der Waals surface area (Å²) >= 11 is 0. The molecule has 0 saturated carbocycles. The quantitative estimate of drug-likeness (QED) is 0.739. The second-order valence-corrected chi connectivity index (χ2v) is 5.44. The number of hydrogen-bond donors (Lipinski definition) is 1. The zero-order valence-corrected chi connectivity index (χ0v) is 10.4. The standard InChI is InChI=1S/C14H23N/c1-11(2)9-10-14(3,4)12-5-7-13(15)8-6-12/h5-8,11H,9-10,15H2,1-4H3. The first-order valence-corrected chi connectivity index (χ1v) is 5.78. The van der Waals surface area contributed by atoms with Gasteiger partial charge in [0.1, 0.15) is 0 Å². The van der Waals surface area contributed by atoms with E-state index in [4.69, 9.17) is 5.73 Å². The Kier molecular flexibility index (Phi) is 3.78. The van der Waals surface area contributed by atoms with E-state index in [2.05, 4.69) is 39.8 Å². The monoisotopic (exact) mass is 205 g/mol. The fourth-order valence-electron chi connectivity index (χ4n) is 1.73. The van der Waals surface area contributed by atoms with Crippen LogP contribution >= 0.6 is 0 Å². The van der Waals surface area contributed by atoms with Gasteiger partial charge in [0.05, 0.1) is 0 Å². The van der Waals surface area contributed by atoms with E-state index in [1.807, 2.05) is 12.1 Å². The van der Waals surface area contributed by atoms with E-state index in [1.165, 1.54) is 18.4 Å². The molecule has 2 N–H and O–H groups in total. The van der Waals surface area contributed by atoms with Gasteiger partial charge in [0, 0.05) is 5.69 Å².